The Hall–Kier alpha value is -1.63. The van der Waals surface area contributed by atoms with Gasteiger partial charge in [-0.2, -0.15) is 0 Å². The molecule has 20 heavy (non-hydrogen) atoms. The van der Waals surface area contributed by atoms with Crippen molar-refractivity contribution in [1.29, 1.82) is 0 Å². The largest absolute Gasteiger partial charge is 0.497 e. The molecule has 0 saturated carbocycles. The number of hydrogen-bond donors (Lipinski definition) is 1. The van der Waals surface area contributed by atoms with Crippen molar-refractivity contribution in [2.24, 2.45) is 11.1 Å². The Labute approximate surface area is 115 Å². The average molecular weight is 277 g/mol. The number of fused-ring (bicyclic) bond motifs is 4. The number of benzene rings is 1. The molecule has 3 aliphatic rings. The summed E-state index contributed by atoms with van der Waals surface area (Å²) in [5.41, 5.74) is 1.66. The molecule has 3 heterocycles. The molecule has 0 spiro atoms. The fraction of sp³-hybridized carbons (Fsp3) is 0.500. The van der Waals surface area contributed by atoms with Gasteiger partial charge in [-0.05, 0) is 24.3 Å². The van der Waals surface area contributed by atoms with Crippen molar-refractivity contribution in [1.82, 2.24) is 0 Å². The SMILES string of the molecule is COc1ccc(C2=NO[C@H]3[C@H]2[C@H](O)[C@@H]2OC[C@@H]3O2)cc1. The van der Waals surface area contributed by atoms with Crippen molar-refractivity contribution in [3.05, 3.63) is 29.8 Å². The molecule has 1 aromatic rings. The van der Waals surface area contributed by atoms with Crippen LogP contribution in [0.5, 0.6) is 5.75 Å². The van der Waals surface area contributed by atoms with Crippen LogP contribution >= 0.6 is 0 Å². The molecular formula is C14H15NO5. The summed E-state index contributed by atoms with van der Waals surface area (Å²) in [5.74, 6) is 0.565. The first-order valence-corrected chi connectivity index (χ1v) is 6.61. The molecule has 1 N–H and O–H groups in total. The Morgan fingerprint density at radius 2 is 2.10 bits per heavy atom. The van der Waals surface area contributed by atoms with Gasteiger partial charge in [0.15, 0.2) is 12.4 Å². The van der Waals surface area contributed by atoms with E-state index < -0.39 is 12.4 Å². The second-order valence-electron chi connectivity index (χ2n) is 5.17. The molecule has 2 saturated heterocycles. The van der Waals surface area contributed by atoms with Gasteiger partial charge in [-0.1, -0.05) is 5.16 Å². The van der Waals surface area contributed by atoms with Gasteiger partial charge in [-0.3, -0.25) is 0 Å². The van der Waals surface area contributed by atoms with E-state index >= 15 is 0 Å². The minimum Gasteiger partial charge on any atom is -0.497 e. The third-order valence-corrected chi connectivity index (χ3v) is 4.08. The van der Waals surface area contributed by atoms with Crippen molar-refractivity contribution in [3.63, 3.8) is 0 Å². The third-order valence-electron chi connectivity index (χ3n) is 4.08. The van der Waals surface area contributed by atoms with Crippen LogP contribution in [0, 0.1) is 5.92 Å². The van der Waals surface area contributed by atoms with Gasteiger partial charge >= 0.3 is 0 Å². The quantitative estimate of drug-likeness (QED) is 0.854. The van der Waals surface area contributed by atoms with Gasteiger partial charge in [-0.15, -0.1) is 0 Å². The first-order valence-electron chi connectivity index (χ1n) is 6.61. The minimum absolute atomic E-state index is 0.159. The second-order valence-corrected chi connectivity index (χ2v) is 5.17. The predicted octanol–water partition coefficient (Wildman–Crippen LogP) is 0.530. The lowest BCUT2D eigenvalue weighted by atomic mass is 9.84. The molecule has 0 aromatic heterocycles. The number of aliphatic hydroxyl groups is 1. The fourth-order valence-corrected chi connectivity index (χ4v) is 3.02. The predicted molar refractivity (Wildman–Crippen MR) is 68.5 cm³/mol. The third kappa shape index (κ3) is 1.65. The van der Waals surface area contributed by atoms with Crippen LogP contribution in [0.25, 0.3) is 0 Å². The molecule has 4 rings (SSSR count). The summed E-state index contributed by atoms with van der Waals surface area (Å²) >= 11 is 0. The number of hydrogen-bond acceptors (Lipinski definition) is 6. The Kier molecular flexibility index (Phi) is 2.70. The van der Waals surface area contributed by atoms with E-state index in [0.29, 0.717) is 6.61 Å². The topological polar surface area (TPSA) is 69.5 Å². The molecule has 5 atom stereocenters. The van der Waals surface area contributed by atoms with Crippen LogP contribution in [-0.4, -0.2) is 49.1 Å². The van der Waals surface area contributed by atoms with Crippen molar-refractivity contribution >= 4 is 5.71 Å². The van der Waals surface area contributed by atoms with Crippen LogP contribution < -0.4 is 4.74 Å². The van der Waals surface area contributed by atoms with Crippen LogP contribution in [0.4, 0.5) is 0 Å². The number of oxime groups is 1. The zero-order valence-electron chi connectivity index (χ0n) is 10.9. The van der Waals surface area contributed by atoms with E-state index in [1.807, 2.05) is 24.3 Å². The second kappa shape index (κ2) is 4.44. The van der Waals surface area contributed by atoms with Crippen molar-refractivity contribution in [2.45, 2.75) is 24.6 Å². The zero-order valence-corrected chi connectivity index (χ0v) is 10.9. The monoisotopic (exact) mass is 277 g/mol. The Morgan fingerprint density at radius 3 is 2.85 bits per heavy atom. The Morgan fingerprint density at radius 1 is 1.30 bits per heavy atom. The summed E-state index contributed by atoms with van der Waals surface area (Å²) < 4.78 is 16.1. The maximum atomic E-state index is 10.4. The molecule has 106 valence electrons. The van der Waals surface area contributed by atoms with E-state index in [-0.39, 0.29) is 18.1 Å². The lowest BCUT2D eigenvalue weighted by Crippen LogP contribution is -2.51. The first kappa shape index (κ1) is 12.1. The lowest BCUT2D eigenvalue weighted by Gasteiger charge is -2.32. The van der Waals surface area contributed by atoms with Crippen LogP contribution in [0.1, 0.15) is 5.56 Å². The van der Waals surface area contributed by atoms with E-state index in [1.54, 1.807) is 7.11 Å². The van der Waals surface area contributed by atoms with E-state index in [0.717, 1.165) is 17.0 Å². The molecule has 3 aliphatic heterocycles. The van der Waals surface area contributed by atoms with Crippen molar-refractivity contribution in [3.8, 4) is 5.75 Å². The smallest absolute Gasteiger partial charge is 0.184 e. The number of methoxy groups -OCH3 is 1. The summed E-state index contributed by atoms with van der Waals surface area (Å²) in [6.45, 7) is 0.439. The summed E-state index contributed by atoms with van der Waals surface area (Å²) in [6.07, 6.45) is -1.78. The van der Waals surface area contributed by atoms with Gasteiger partial charge in [0.25, 0.3) is 0 Å². The summed E-state index contributed by atoms with van der Waals surface area (Å²) in [6, 6.07) is 7.55. The first-order chi connectivity index (χ1) is 9.78. The highest BCUT2D eigenvalue weighted by Crippen LogP contribution is 2.39. The molecule has 0 radical (unpaired) electrons. The van der Waals surface area contributed by atoms with Gasteiger partial charge in [0.2, 0.25) is 0 Å². The maximum Gasteiger partial charge on any atom is 0.184 e. The van der Waals surface area contributed by atoms with Crippen LogP contribution in [0.2, 0.25) is 0 Å². The Balaban J connectivity index is 1.65. The Bertz CT molecular complexity index is 543. The number of ether oxygens (including phenoxy) is 3. The van der Waals surface area contributed by atoms with E-state index in [2.05, 4.69) is 5.16 Å². The number of aliphatic hydroxyl groups excluding tert-OH is 1. The van der Waals surface area contributed by atoms with Gasteiger partial charge in [-0.25, -0.2) is 0 Å². The van der Waals surface area contributed by atoms with E-state index in [9.17, 15) is 5.11 Å². The molecule has 0 aliphatic carbocycles. The van der Waals surface area contributed by atoms with Crippen molar-refractivity contribution in [2.75, 3.05) is 13.7 Å². The van der Waals surface area contributed by atoms with Gasteiger partial charge in [0.05, 0.1) is 25.3 Å². The molecule has 1 aromatic carbocycles. The maximum absolute atomic E-state index is 10.4. The number of rotatable bonds is 2. The molecular weight excluding hydrogens is 262 g/mol. The normalized spacial score (nSPS) is 38.1. The summed E-state index contributed by atoms with van der Waals surface area (Å²) in [7, 11) is 1.62. The minimum atomic E-state index is -0.762. The van der Waals surface area contributed by atoms with E-state index in [4.69, 9.17) is 19.0 Å². The van der Waals surface area contributed by atoms with Crippen LogP contribution in [0.15, 0.2) is 29.4 Å². The van der Waals surface area contributed by atoms with E-state index in [1.165, 1.54) is 0 Å². The van der Waals surface area contributed by atoms with Crippen molar-refractivity contribution < 1.29 is 24.2 Å². The standard InChI is InChI=1S/C14H15NO5/c1-17-8-4-2-7(3-5-8)11-10-12(16)14-18-6-9(19-14)13(10)20-15-11/h2-5,9-10,12-14,16H,6H2,1H3/t9-,10+,12-,13+,14+/m0/s1. The number of nitrogens with zero attached hydrogens (tertiary/aromatic N) is 1. The lowest BCUT2D eigenvalue weighted by molar-refractivity contribution is -0.197. The molecule has 2 fully saturated rings. The molecule has 0 amide bonds. The highest BCUT2D eigenvalue weighted by Gasteiger charge is 2.56. The van der Waals surface area contributed by atoms with Crippen LogP contribution in [0.3, 0.4) is 0 Å². The zero-order chi connectivity index (χ0) is 13.7. The van der Waals surface area contributed by atoms with Gasteiger partial charge < -0.3 is 24.2 Å². The van der Waals surface area contributed by atoms with Crippen LogP contribution in [-0.2, 0) is 14.3 Å². The highest BCUT2D eigenvalue weighted by molar-refractivity contribution is 6.03. The molecule has 0 unspecified atom stereocenters. The summed E-state index contributed by atoms with van der Waals surface area (Å²) in [5, 5.41) is 14.5. The molecule has 6 nitrogen and oxygen atoms in total. The van der Waals surface area contributed by atoms with Gasteiger partial charge in [0, 0.05) is 5.56 Å². The highest BCUT2D eigenvalue weighted by atomic mass is 16.8. The summed E-state index contributed by atoms with van der Waals surface area (Å²) in [4.78, 5) is 5.47. The average Bonchev–Trinajstić information content (AvgIpc) is 3.11. The van der Waals surface area contributed by atoms with Gasteiger partial charge in [0.1, 0.15) is 18.0 Å². The molecule has 6 heteroatoms. The fourth-order valence-electron chi connectivity index (χ4n) is 3.02. The molecule has 2 bridgehead atoms.